The molecule has 0 saturated carbocycles. The predicted octanol–water partition coefficient (Wildman–Crippen LogP) is 3.85. The lowest BCUT2D eigenvalue weighted by Crippen LogP contribution is -2.43. The zero-order valence-electron chi connectivity index (χ0n) is 11.6. The average Bonchev–Trinajstić information content (AvgIpc) is 2.82. The van der Waals surface area contributed by atoms with Gasteiger partial charge in [-0.05, 0) is 29.5 Å². The lowest BCUT2D eigenvalue weighted by molar-refractivity contribution is -0.710. The van der Waals surface area contributed by atoms with Crippen LogP contribution in [0.25, 0.3) is 11.0 Å². The van der Waals surface area contributed by atoms with E-state index in [-0.39, 0.29) is 0 Å². The normalized spacial score (nSPS) is 17.9. The fourth-order valence-corrected chi connectivity index (χ4v) is 4.71. The molecule has 1 aliphatic rings. The van der Waals surface area contributed by atoms with Crippen LogP contribution in [0.4, 0.5) is 0 Å². The van der Waals surface area contributed by atoms with Crippen molar-refractivity contribution in [2.75, 3.05) is 5.75 Å². The van der Waals surface area contributed by atoms with E-state index in [2.05, 4.69) is 79.7 Å². The average molecular weight is 360 g/mol. The van der Waals surface area contributed by atoms with Crippen LogP contribution in [0, 0.1) is 0 Å². The third-order valence-corrected chi connectivity index (χ3v) is 6.19. The second kappa shape index (κ2) is 5.50. The van der Waals surface area contributed by atoms with Crippen LogP contribution in [-0.2, 0) is 13.1 Å². The number of nitrogens with zero attached hydrogens (tertiary/aromatic N) is 2. The SMILES string of the molecule is BrC1CSc2n(Cc3ccccc3)c3ccccc3[n+]2C1. The molecular weight excluding hydrogens is 344 g/mol. The molecule has 2 nitrogen and oxygen atoms in total. The van der Waals surface area contributed by atoms with E-state index in [1.54, 1.807) is 0 Å². The van der Waals surface area contributed by atoms with Crippen LogP contribution in [0.2, 0.25) is 0 Å². The first-order chi connectivity index (χ1) is 10.3. The molecule has 0 bridgehead atoms. The van der Waals surface area contributed by atoms with Gasteiger partial charge in [0, 0.05) is 5.75 Å². The minimum atomic E-state index is 0.552. The third-order valence-electron chi connectivity index (χ3n) is 3.88. The second-order valence-corrected chi connectivity index (χ2v) is 7.64. The van der Waals surface area contributed by atoms with E-state index in [1.165, 1.54) is 21.8 Å². The van der Waals surface area contributed by atoms with Gasteiger partial charge in [0.25, 0.3) is 0 Å². The van der Waals surface area contributed by atoms with Crippen LogP contribution >= 0.6 is 27.7 Å². The predicted molar refractivity (Wildman–Crippen MR) is 91.1 cm³/mol. The number of benzene rings is 2. The molecule has 0 saturated heterocycles. The highest BCUT2D eigenvalue weighted by atomic mass is 79.9. The van der Waals surface area contributed by atoms with Gasteiger partial charge in [0.2, 0.25) is 0 Å². The minimum Gasteiger partial charge on any atom is -0.216 e. The Morgan fingerprint density at radius 1 is 1.10 bits per heavy atom. The molecular formula is C17H16BrN2S+. The summed E-state index contributed by atoms with van der Waals surface area (Å²) in [7, 11) is 0. The summed E-state index contributed by atoms with van der Waals surface area (Å²) in [6.45, 7) is 1.98. The van der Waals surface area contributed by atoms with Gasteiger partial charge in [-0.15, -0.1) is 0 Å². The van der Waals surface area contributed by atoms with E-state index in [9.17, 15) is 0 Å². The molecule has 1 aliphatic heterocycles. The number of alkyl halides is 1. The maximum atomic E-state index is 3.77. The Bertz CT molecular complexity index is 782. The molecule has 4 heteroatoms. The smallest absolute Gasteiger partial charge is 0.216 e. The highest BCUT2D eigenvalue weighted by Crippen LogP contribution is 2.29. The van der Waals surface area contributed by atoms with Crippen LogP contribution in [0.3, 0.4) is 0 Å². The fourth-order valence-electron chi connectivity index (χ4n) is 2.94. The van der Waals surface area contributed by atoms with Gasteiger partial charge in [0.15, 0.2) is 11.0 Å². The maximum absolute atomic E-state index is 3.77. The monoisotopic (exact) mass is 359 g/mol. The van der Waals surface area contributed by atoms with E-state index in [0.717, 1.165) is 18.8 Å². The molecule has 0 spiro atoms. The van der Waals surface area contributed by atoms with E-state index in [4.69, 9.17) is 0 Å². The van der Waals surface area contributed by atoms with Crippen molar-refractivity contribution in [3.05, 3.63) is 60.2 Å². The Hall–Kier alpha value is -1.26. The number of fused-ring (bicyclic) bond motifs is 3. The summed E-state index contributed by atoms with van der Waals surface area (Å²) in [5.41, 5.74) is 4.01. The Morgan fingerprint density at radius 2 is 1.86 bits per heavy atom. The van der Waals surface area contributed by atoms with Crippen molar-refractivity contribution in [2.24, 2.45) is 0 Å². The number of thioether (sulfide) groups is 1. The largest absolute Gasteiger partial charge is 0.319 e. The van der Waals surface area contributed by atoms with Crippen LogP contribution < -0.4 is 4.57 Å². The summed E-state index contributed by atoms with van der Waals surface area (Å²) in [5.74, 6) is 1.13. The molecule has 21 heavy (non-hydrogen) atoms. The van der Waals surface area contributed by atoms with Gasteiger partial charge in [-0.2, -0.15) is 0 Å². The summed E-state index contributed by atoms with van der Waals surface area (Å²) in [6, 6.07) is 19.4. The van der Waals surface area contributed by atoms with Crippen molar-refractivity contribution in [3.63, 3.8) is 0 Å². The van der Waals surface area contributed by atoms with Gasteiger partial charge in [-0.25, -0.2) is 9.13 Å². The summed E-state index contributed by atoms with van der Waals surface area (Å²) in [6.07, 6.45) is 0. The molecule has 4 rings (SSSR count). The minimum absolute atomic E-state index is 0.552. The van der Waals surface area contributed by atoms with Crippen LogP contribution in [0.15, 0.2) is 59.8 Å². The number of imidazole rings is 1. The van der Waals surface area contributed by atoms with Gasteiger partial charge in [-0.3, -0.25) is 0 Å². The number of hydrogen-bond acceptors (Lipinski definition) is 1. The van der Waals surface area contributed by atoms with E-state index >= 15 is 0 Å². The van der Waals surface area contributed by atoms with Gasteiger partial charge >= 0.3 is 5.16 Å². The summed E-state index contributed by atoms with van der Waals surface area (Å²) in [5, 5.41) is 1.37. The van der Waals surface area contributed by atoms with Crippen molar-refractivity contribution >= 4 is 38.7 Å². The standard InChI is InChI=1S/C17H16BrN2S/c18-14-11-20-16-9-5-4-8-15(16)19(17(20)21-12-14)10-13-6-2-1-3-7-13/h1-9,14H,10-12H2/q+1. The molecule has 0 radical (unpaired) electrons. The number of halogens is 1. The molecule has 0 aliphatic carbocycles. The van der Waals surface area contributed by atoms with Crippen LogP contribution in [0.1, 0.15) is 5.56 Å². The Morgan fingerprint density at radius 3 is 2.71 bits per heavy atom. The Kier molecular flexibility index (Phi) is 3.51. The number of hydrogen-bond donors (Lipinski definition) is 0. The maximum Gasteiger partial charge on any atom is 0.319 e. The lowest BCUT2D eigenvalue weighted by atomic mass is 10.2. The molecule has 2 aromatic carbocycles. The first-order valence-corrected chi connectivity index (χ1v) is 9.05. The quantitative estimate of drug-likeness (QED) is 0.498. The van der Waals surface area contributed by atoms with Crippen molar-refractivity contribution in [1.82, 2.24) is 4.57 Å². The Labute approximate surface area is 136 Å². The first kappa shape index (κ1) is 13.4. The second-order valence-electron chi connectivity index (χ2n) is 5.36. The topological polar surface area (TPSA) is 8.81 Å². The van der Waals surface area contributed by atoms with Crippen LogP contribution in [0.5, 0.6) is 0 Å². The molecule has 0 amide bonds. The molecule has 1 unspecified atom stereocenters. The molecule has 3 aromatic rings. The van der Waals surface area contributed by atoms with Crippen molar-refractivity contribution in [2.45, 2.75) is 23.1 Å². The number of aromatic nitrogens is 2. The highest BCUT2D eigenvalue weighted by Gasteiger charge is 2.31. The van der Waals surface area contributed by atoms with E-state index in [0.29, 0.717) is 4.83 Å². The van der Waals surface area contributed by atoms with Crippen LogP contribution in [-0.4, -0.2) is 15.1 Å². The molecule has 0 fully saturated rings. The molecule has 1 aromatic heterocycles. The van der Waals surface area contributed by atoms with E-state index in [1.807, 2.05) is 11.8 Å². The van der Waals surface area contributed by atoms with Gasteiger partial charge in [0.05, 0.1) is 4.83 Å². The third kappa shape index (κ3) is 2.40. The van der Waals surface area contributed by atoms with Gasteiger partial charge in [-0.1, -0.05) is 58.4 Å². The number of para-hydroxylation sites is 2. The van der Waals surface area contributed by atoms with E-state index < -0.39 is 0 Å². The molecule has 1 atom stereocenters. The van der Waals surface area contributed by atoms with Gasteiger partial charge in [0.1, 0.15) is 13.1 Å². The molecule has 106 valence electrons. The molecule has 2 heterocycles. The lowest BCUT2D eigenvalue weighted by Gasteiger charge is -2.14. The summed E-state index contributed by atoms with van der Waals surface area (Å²) in [4.78, 5) is 0.552. The fraction of sp³-hybridized carbons (Fsp3) is 0.235. The zero-order valence-corrected chi connectivity index (χ0v) is 14.0. The summed E-state index contributed by atoms with van der Waals surface area (Å²) < 4.78 is 4.90. The van der Waals surface area contributed by atoms with Gasteiger partial charge < -0.3 is 0 Å². The zero-order chi connectivity index (χ0) is 14.2. The van der Waals surface area contributed by atoms with Crippen molar-refractivity contribution in [3.8, 4) is 0 Å². The Balaban J connectivity index is 1.88. The first-order valence-electron chi connectivity index (χ1n) is 7.15. The highest BCUT2D eigenvalue weighted by molar-refractivity contribution is 9.09. The molecule has 0 N–H and O–H groups in total. The number of rotatable bonds is 2. The summed E-state index contributed by atoms with van der Waals surface area (Å²) >= 11 is 5.72. The van der Waals surface area contributed by atoms with Crippen molar-refractivity contribution < 1.29 is 4.57 Å². The van der Waals surface area contributed by atoms with Crippen molar-refractivity contribution in [1.29, 1.82) is 0 Å².